The smallest absolute Gasteiger partial charge is 0.745 e. The molecule has 0 aliphatic heterocycles. The molecule has 9 heteroatoms. The van der Waals surface area contributed by atoms with Crippen LogP contribution in [0.3, 0.4) is 0 Å². The Morgan fingerprint density at radius 3 is 1.44 bits per heavy atom. The van der Waals surface area contributed by atoms with Gasteiger partial charge in [0.15, 0.2) is 0 Å². The fraction of sp³-hybridized carbons (Fsp3) is 0.111. The Bertz CT molecular complexity index is 378. The molecule has 7 nitrogen and oxygen atoms in total. The zero-order valence-corrected chi connectivity index (χ0v) is 13.0. The SMILES string of the molecule is C=C(C)C(=O)[O-].C=CC(N)=O.C=CS(=O)(=O)[O-].[Na+]. The van der Waals surface area contributed by atoms with Crippen molar-refractivity contribution in [3.05, 3.63) is 36.8 Å². The summed E-state index contributed by atoms with van der Waals surface area (Å²) in [4.78, 5) is 19.0. The molecule has 0 aromatic heterocycles. The van der Waals surface area contributed by atoms with Crippen molar-refractivity contribution in [3.63, 3.8) is 0 Å². The summed E-state index contributed by atoms with van der Waals surface area (Å²) in [7, 11) is -4.15. The van der Waals surface area contributed by atoms with Crippen molar-refractivity contribution in [2.75, 3.05) is 0 Å². The number of hydrogen-bond donors (Lipinski definition) is 1. The van der Waals surface area contributed by atoms with E-state index in [4.69, 9.17) is 0 Å². The quantitative estimate of drug-likeness (QED) is 0.316. The van der Waals surface area contributed by atoms with Gasteiger partial charge in [-0.3, -0.25) is 4.79 Å². The third-order valence-electron chi connectivity index (χ3n) is 0.754. The predicted molar refractivity (Wildman–Crippen MR) is 59.1 cm³/mol. The number of carboxylic acids is 1. The third-order valence-corrected chi connectivity index (χ3v) is 1.16. The number of hydrogen-bond acceptors (Lipinski definition) is 6. The molecular formula is C9H13NNaO6S-. The maximum Gasteiger partial charge on any atom is 1.00 e. The molecule has 0 saturated carbocycles. The van der Waals surface area contributed by atoms with Crippen LogP contribution in [0.4, 0.5) is 0 Å². The normalized spacial score (nSPS) is 7.89. The Hall–Kier alpha value is -0.930. The van der Waals surface area contributed by atoms with E-state index in [1.807, 2.05) is 0 Å². The minimum Gasteiger partial charge on any atom is -0.745 e. The summed E-state index contributed by atoms with van der Waals surface area (Å²) in [6, 6.07) is 0. The van der Waals surface area contributed by atoms with Crippen molar-refractivity contribution >= 4 is 22.0 Å². The van der Waals surface area contributed by atoms with Crippen LogP contribution in [0.1, 0.15) is 6.92 Å². The Morgan fingerprint density at radius 2 is 1.44 bits per heavy atom. The van der Waals surface area contributed by atoms with E-state index in [9.17, 15) is 27.7 Å². The van der Waals surface area contributed by atoms with Gasteiger partial charge in [-0.1, -0.05) is 19.7 Å². The topological polar surface area (TPSA) is 140 Å². The molecule has 0 saturated heterocycles. The first-order valence-electron chi connectivity index (χ1n) is 3.85. The molecule has 1 amide bonds. The van der Waals surface area contributed by atoms with Crippen LogP contribution in [0.15, 0.2) is 36.8 Å². The Labute approximate surface area is 128 Å². The van der Waals surface area contributed by atoms with E-state index in [2.05, 4.69) is 25.5 Å². The van der Waals surface area contributed by atoms with Crippen molar-refractivity contribution in [1.29, 1.82) is 0 Å². The molecule has 0 aromatic carbocycles. The van der Waals surface area contributed by atoms with Crippen LogP contribution in [-0.2, 0) is 19.7 Å². The second-order valence-corrected chi connectivity index (χ2v) is 3.65. The van der Waals surface area contributed by atoms with Crippen molar-refractivity contribution < 1.29 is 57.2 Å². The molecule has 0 atom stereocenters. The Morgan fingerprint density at radius 1 is 1.28 bits per heavy atom. The second kappa shape index (κ2) is 14.1. The van der Waals surface area contributed by atoms with E-state index >= 15 is 0 Å². The van der Waals surface area contributed by atoms with E-state index in [1.165, 1.54) is 6.92 Å². The number of carbonyl (C=O) groups is 2. The van der Waals surface area contributed by atoms with Gasteiger partial charge >= 0.3 is 29.6 Å². The molecule has 0 fully saturated rings. The van der Waals surface area contributed by atoms with E-state index in [0.29, 0.717) is 5.41 Å². The molecule has 0 heterocycles. The first-order chi connectivity index (χ1) is 7.47. The largest absolute Gasteiger partial charge is 1.00 e. The molecular weight excluding hydrogens is 273 g/mol. The summed E-state index contributed by atoms with van der Waals surface area (Å²) >= 11 is 0. The molecule has 2 N–H and O–H groups in total. The van der Waals surface area contributed by atoms with Crippen LogP contribution in [0.2, 0.25) is 0 Å². The molecule has 0 aromatic rings. The molecule has 0 bridgehead atoms. The number of amides is 1. The standard InChI is InChI=1S/C4H6O2.C3H5NO.C2H4O3S.Na/c1-3(2)4(5)6;1-2-3(4)5;1-2-6(3,4)5;/h1H2,2H3,(H,5,6);2H,1H2,(H2,4,5);2H,1H2,(H,3,4,5);/q;;;+1/p-2. The van der Waals surface area contributed by atoms with E-state index in [1.54, 1.807) is 0 Å². The van der Waals surface area contributed by atoms with Gasteiger partial charge < -0.3 is 20.2 Å². The maximum absolute atomic E-state index is 9.49. The van der Waals surface area contributed by atoms with Crippen molar-refractivity contribution in [1.82, 2.24) is 0 Å². The van der Waals surface area contributed by atoms with Crippen LogP contribution < -0.4 is 40.4 Å². The minimum atomic E-state index is -4.15. The fourth-order valence-corrected chi connectivity index (χ4v) is 0. The zero-order chi connectivity index (χ0) is 14.6. The predicted octanol–water partition coefficient (Wildman–Crippen LogP) is -4.35. The van der Waals surface area contributed by atoms with Crippen LogP contribution in [0.25, 0.3) is 0 Å². The minimum absolute atomic E-state index is 0. The Kier molecular flexibility index (Phi) is 20.3. The van der Waals surface area contributed by atoms with Crippen molar-refractivity contribution in [3.8, 4) is 0 Å². The molecule has 18 heavy (non-hydrogen) atoms. The first kappa shape index (κ1) is 25.8. The van der Waals surface area contributed by atoms with Gasteiger partial charge in [-0.05, 0) is 18.6 Å². The zero-order valence-electron chi connectivity index (χ0n) is 10.2. The van der Waals surface area contributed by atoms with E-state index < -0.39 is 22.0 Å². The monoisotopic (exact) mass is 286 g/mol. The summed E-state index contributed by atoms with van der Waals surface area (Å²) in [5.41, 5.74) is 4.60. The van der Waals surface area contributed by atoms with Gasteiger partial charge in [0.05, 0.1) is 5.97 Å². The molecule has 0 radical (unpaired) electrons. The number of carboxylic acid groups (broad SMARTS) is 1. The number of nitrogens with two attached hydrogens (primary N) is 1. The molecule has 0 aliphatic carbocycles. The first-order valence-corrected chi connectivity index (χ1v) is 5.32. The second-order valence-electron chi connectivity index (χ2n) is 2.33. The molecule has 0 unspecified atom stereocenters. The van der Waals surface area contributed by atoms with Gasteiger partial charge in [-0.2, -0.15) is 0 Å². The van der Waals surface area contributed by atoms with Gasteiger partial charge in [0.25, 0.3) is 0 Å². The van der Waals surface area contributed by atoms with Crippen molar-refractivity contribution in [2.45, 2.75) is 6.92 Å². The van der Waals surface area contributed by atoms with Crippen LogP contribution in [0, 0.1) is 0 Å². The average Bonchev–Trinajstić information content (AvgIpc) is 2.18. The summed E-state index contributed by atoms with van der Waals surface area (Å²) in [6.45, 7) is 10.3. The van der Waals surface area contributed by atoms with E-state index in [-0.39, 0.29) is 35.1 Å². The fourth-order valence-electron chi connectivity index (χ4n) is 0. The summed E-state index contributed by atoms with van der Waals surface area (Å²) < 4.78 is 28.0. The summed E-state index contributed by atoms with van der Waals surface area (Å²) in [5.74, 6) is -1.67. The number of aliphatic carboxylic acids is 1. The van der Waals surface area contributed by atoms with Gasteiger partial charge in [0, 0.05) is 5.41 Å². The summed E-state index contributed by atoms with van der Waals surface area (Å²) in [5, 5.41) is 9.84. The Balaban J connectivity index is -0.0000000799. The maximum atomic E-state index is 9.49. The molecule has 98 valence electrons. The van der Waals surface area contributed by atoms with Crippen molar-refractivity contribution in [2.24, 2.45) is 5.73 Å². The average molecular weight is 286 g/mol. The van der Waals surface area contributed by atoms with Gasteiger partial charge in [0.2, 0.25) is 5.91 Å². The molecule has 0 aliphatic rings. The number of carbonyl (C=O) groups excluding carboxylic acids is 2. The summed E-state index contributed by atoms with van der Waals surface area (Å²) in [6.07, 6.45) is 1.06. The number of rotatable bonds is 3. The van der Waals surface area contributed by atoms with Crippen LogP contribution >= 0.6 is 0 Å². The number of primary amides is 1. The molecule has 0 rings (SSSR count). The van der Waals surface area contributed by atoms with Gasteiger partial charge in [-0.15, -0.1) is 0 Å². The third kappa shape index (κ3) is 45.8. The molecule has 0 spiro atoms. The van der Waals surface area contributed by atoms with Gasteiger partial charge in [0.1, 0.15) is 10.1 Å². The van der Waals surface area contributed by atoms with Gasteiger partial charge in [-0.25, -0.2) is 8.42 Å². The van der Waals surface area contributed by atoms with E-state index in [0.717, 1.165) is 6.08 Å². The van der Waals surface area contributed by atoms with Crippen LogP contribution in [0.5, 0.6) is 0 Å². The van der Waals surface area contributed by atoms with Crippen LogP contribution in [-0.4, -0.2) is 24.8 Å².